The maximum atomic E-state index is 12.6. The zero-order valence-corrected chi connectivity index (χ0v) is 17.0. The summed E-state index contributed by atoms with van der Waals surface area (Å²) < 4.78 is 31.9. The molecule has 6 nitrogen and oxygen atoms in total. The summed E-state index contributed by atoms with van der Waals surface area (Å²) in [7, 11) is -3.49. The van der Waals surface area contributed by atoms with Crippen LogP contribution < -0.4 is 10.6 Å². The van der Waals surface area contributed by atoms with Crippen molar-refractivity contribution in [3.8, 4) is 0 Å². The predicted octanol–water partition coefficient (Wildman–Crippen LogP) is 3.13. The Morgan fingerprint density at radius 1 is 1.04 bits per heavy atom. The van der Waals surface area contributed by atoms with Gasteiger partial charge in [0.15, 0.2) is 5.11 Å². The van der Waals surface area contributed by atoms with E-state index in [4.69, 9.17) is 17.0 Å². The smallest absolute Gasteiger partial charge is 0.243 e. The number of hydrogen-bond donors (Lipinski definition) is 2. The van der Waals surface area contributed by atoms with Crippen molar-refractivity contribution in [2.75, 3.05) is 36.9 Å². The number of ether oxygens (including phenoxy) is 1. The molecule has 1 aliphatic heterocycles. The fraction of sp³-hybridized carbons (Fsp3) is 0.316. The first-order chi connectivity index (χ1) is 12.9. The zero-order valence-electron chi connectivity index (χ0n) is 15.4. The summed E-state index contributed by atoms with van der Waals surface area (Å²) in [4.78, 5) is 0.267. The van der Waals surface area contributed by atoms with Crippen molar-refractivity contribution in [1.82, 2.24) is 4.31 Å². The van der Waals surface area contributed by atoms with E-state index >= 15 is 0 Å². The van der Waals surface area contributed by atoms with Gasteiger partial charge in [-0.05, 0) is 62.0 Å². The lowest BCUT2D eigenvalue weighted by molar-refractivity contribution is 0.0730. The number of benzene rings is 2. The Hall–Kier alpha value is -2.00. The minimum absolute atomic E-state index is 0.267. The maximum Gasteiger partial charge on any atom is 0.243 e. The lowest BCUT2D eigenvalue weighted by Crippen LogP contribution is -2.40. The average Bonchev–Trinajstić information content (AvgIpc) is 2.65. The fourth-order valence-corrected chi connectivity index (χ4v) is 4.52. The Morgan fingerprint density at radius 2 is 1.70 bits per heavy atom. The summed E-state index contributed by atoms with van der Waals surface area (Å²) in [5.41, 5.74) is 3.95. The number of hydrogen-bond acceptors (Lipinski definition) is 4. The second-order valence-electron chi connectivity index (χ2n) is 6.44. The molecule has 0 bridgehead atoms. The Kier molecular flexibility index (Phi) is 6.11. The third-order valence-electron chi connectivity index (χ3n) is 4.35. The van der Waals surface area contributed by atoms with E-state index in [1.54, 1.807) is 24.3 Å². The molecule has 3 rings (SSSR count). The molecule has 0 saturated carbocycles. The molecule has 27 heavy (non-hydrogen) atoms. The predicted molar refractivity (Wildman–Crippen MR) is 112 cm³/mol. The number of rotatable bonds is 4. The van der Waals surface area contributed by atoms with Crippen LogP contribution in [0.4, 0.5) is 11.4 Å². The molecule has 0 spiro atoms. The van der Waals surface area contributed by atoms with Crippen LogP contribution in [0.15, 0.2) is 47.4 Å². The molecule has 0 radical (unpaired) electrons. The van der Waals surface area contributed by atoms with E-state index in [0.29, 0.717) is 31.4 Å². The summed E-state index contributed by atoms with van der Waals surface area (Å²) in [5.74, 6) is 0. The van der Waals surface area contributed by atoms with Crippen molar-refractivity contribution < 1.29 is 13.2 Å². The molecule has 1 saturated heterocycles. The number of nitrogens with one attached hydrogen (secondary N) is 2. The first-order valence-corrected chi connectivity index (χ1v) is 10.5. The maximum absolute atomic E-state index is 12.6. The highest BCUT2D eigenvalue weighted by atomic mass is 32.2. The first-order valence-electron chi connectivity index (χ1n) is 8.69. The fourth-order valence-electron chi connectivity index (χ4n) is 2.88. The number of morpholine rings is 1. The van der Waals surface area contributed by atoms with Crippen molar-refractivity contribution in [2.45, 2.75) is 18.7 Å². The van der Waals surface area contributed by atoms with Crippen LogP contribution in [0.5, 0.6) is 0 Å². The molecule has 2 aromatic carbocycles. The molecule has 0 aliphatic carbocycles. The molecule has 0 atom stereocenters. The van der Waals surface area contributed by atoms with Gasteiger partial charge in [-0.25, -0.2) is 8.42 Å². The Bertz CT molecular complexity index is 922. The summed E-state index contributed by atoms with van der Waals surface area (Å²) in [6.45, 7) is 5.68. The van der Waals surface area contributed by atoms with Gasteiger partial charge in [0.25, 0.3) is 0 Å². The molecule has 0 unspecified atom stereocenters. The van der Waals surface area contributed by atoms with Crippen LogP contribution in [0.3, 0.4) is 0 Å². The van der Waals surface area contributed by atoms with E-state index < -0.39 is 10.0 Å². The Balaban J connectivity index is 1.65. The van der Waals surface area contributed by atoms with Gasteiger partial charge in [0.05, 0.1) is 18.1 Å². The summed E-state index contributed by atoms with van der Waals surface area (Å²) in [6, 6.07) is 12.7. The van der Waals surface area contributed by atoms with Crippen LogP contribution in [0.2, 0.25) is 0 Å². The summed E-state index contributed by atoms with van der Waals surface area (Å²) in [6.07, 6.45) is 0. The summed E-state index contributed by atoms with van der Waals surface area (Å²) >= 11 is 5.36. The second kappa shape index (κ2) is 8.35. The Morgan fingerprint density at radius 3 is 2.33 bits per heavy atom. The minimum Gasteiger partial charge on any atom is -0.379 e. The molecule has 2 N–H and O–H groups in total. The SMILES string of the molecule is Cc1ccc(NC(=S)Nc2ccc(S(=O)(=O)N3CCOCC3)cc2)c(C)c1. The van der Waals surface area contributed by atoms with E-state index in [0.717, 1.165) is 16.9 Å². The molecule has 0 aromatic heterocycles. The number of aryl methyl sites for hydroxylation is 2. The molecule has 2 aromatic rings. The lowest BCUT2D eigenvalue weighted by Gasteiger charge is -2.26. The van der Waals surface area contributed by atoms with Crippen molar-refractivity contribution in [3.63, 3.8) is 0 Å². The largest absolute Gasteiger partial charge is 0.379 e. The van der Waals surface area contributed by atoms with Gasteiger partial charge in [0, 0.05) is 24.5 Å². The van der Waals surface area contributed by atoms with Crippen LogP contribution in [-0.4, -0.2) is 44.1 Å². The molecule has 8 heteroatoms. The quantitative estimate of drug-likeness (QED) is 0.762. The Labute approximate surface area is 165 Å². The highest BCUT2D eigenvalue weighted by Crippen LogP contribution is 2.20. The third kappa shape index (κ3) is 4.84. The van der Waals surface area contributed by atoms with Gasteiger partial charge in [0.1, 0.15) is 0 Å². The molecule has 1 aliphatic rings. The van der Waals surface area contributed by atoms with Crippen LogP contribution in [0.1, 0.15) is 11.1 Å². The van der Waals surface area contributed by atoms with Gasteiger partial charge in [-0.1, -0.05) is 17.7 Å². The van der Waals surface area contributed by atoms with Crippen molar-refractivity contribution in [3.05, 3.63) is 53.6 Å². The molecular weight excluding hydrogens is 382 g/mol. The number of anilines is 2. The van der Waals surface area contributed by atoms with Crippen molar-refractivity contribution in [2.24, 2.45) is 0 Å². The molecule has 144 valence electrons. The molecule has 0 amide bonds. The normalized spacial score (nSPS) is 15.3. The third-order valence-corrected chi connectivity index (χ3v) is 6.47. The van der Waals surface area contributed by atoms with Gasteiger partial charge in [0.2, 0.25) is 10.0 Å². The highest BCUT2D eigenvalue weighted by Gasteiger charge is 2.26. The van der Waals surface area contributed by atoms with Crippen LogP contribution in [0.25, 0.3) is 0 Å². The highest BCUT2D eigenvalue weighted by molar-refractivity contribution is 7.89. The van der Waals surface area contributed by atoms with Gasteiger partial charge >= 0.3 is 0 Å². The van der Waals surface area contributed by atoms with E-state index in [9.17, 15) is 8.42 Å². The lowest BCUT2D eigenvalue weighted by atomic mass is 10.1. The average molecular weight is 406 g/mol. The van der Waals surface area contributed by atoms with Gasteiger partial charge in [-0.2, -0.15) is 4.31 Å². The summed E-state index contributed by atoms with van der Waals surface area (Å²) in [5, 5.41) is 6.69. The molecular formula is C19H23N3O3S2. The van der Waals surface area contributed by atoms with Crippen molar-refractivity contribution >= 4 is 38.7 Å². The monoisotopic (exact) mass is 405 g/mol. The van der Waals surface area contributed by atoms with E-state index in [-0.39, 0.29) is 4.90 Å². The minimum atomic E-state index is -3.49. The van der Waals surface area contributed by atoms with Gasteiger partial charge < -0.3 is 15.4 Å². The van der Waals surface area contributed by atoms with Gasteiger partial charge in [-0.15, -0.1) is 0 Å². The van der Waals surface area contributed by atoms with E-state index in [1.807, 2.05) is 26.0 Å². The number of sulfonamides is 1. The van der Waals surface area contributed by atoms with Crippen LogP contribution >= 0.6 is 12.2 Å². The molecule has 1 fully saturated rings. The topological polar surface area (TPSA) is 70.7 Å². The second-order valence-corrected chi connectivity index (χ2v) is 8.78. The first kappa shape index (κ1) is 19.8. The van der Waals surface area contributed by atoms with E-state index in [2.05, 4.69) is 16.7 Å². The van der Waals surface area contributed by atoms with Crippen molar-refractivity contribution in [1.29, 1.82) is 0 Å². The number of thiocarbonyl (C=S) groups is 1. The zero-order chi connectivity index (χ0) is 19.4. The van der Waals surface area contributed by atoms with E-state index in [1.165, 1.54) is 9.87 Å². The molecule has 1 heterocycles. The van der Waals surface area contributed by atoms with Crippen LogP contribution in [-0.2, 0) is 14.8 Å². The van der Waals surface area contributed by atoms with Gasteiger partial charge in [-0.3, -0.25) is 0 Å². The van der Waals surface area contributed by atoms with Crippen LogP contribution in [0, 0.1) is 13.8 Å². The number of nitrogens with zero attached hydrogens (tertiary/aromatic N) is 1. The standard InChI is InChI=1S/C19H23N3O3S2/c1-14-3-8-18(15(2)13-14)21-19(26)20-16-4-6-17(7-5-16)27(23,24)22-9-11-25-12-10-22/h3-8,13H,9-12H2,1-2H3,(H2,20,21,26).